The lowest BCUT2D eigenvalue weighted by Gasteiger charge is -2.16. The Kier molecular flexibility index (Phi) is 4.18. The molecule has 1 amide bonds. The fourth-order valence-electron chi connectivity index (χ4n) is 1.21. The number of likely N-dealkylation sites (N-methyl/N-ethyl adjacent to an activating group) is 1. The quantitative estimate of drug-likeness (QED) is 0.551. The molecule has 0 aromatic heterocycles. The van der Waals surface area contributed by atoms with E-state index in [2.05, 4.69) is 5.32 Å². The van der Waals surface area contributed by atoms with Crippen LogP contribution in [0.2, 0.25) is 0 Å². The molecule has 0 heterocycles. The summed E-state index contributed by atoms with van der Waals surface area (Å²) in [6.45, 7) is 1.97. The van der Waals surface area contributed by atoms with Crippen LogP contribution in [-0.4, -0.2) is 43.5 Å². The number of carbonyl (C=O) groups is 1. The summed E-state index contributed by atoms with van der Waals surface area (Å²) < 4.78 is 0. The highest BCUT2D eigenvalue weighted by Gasteiger charge is 2.28. The molecule has 4 heteroatoms. The minimum atomic E-state index is 0.194. The van der Waals surface area contributed by atoms with Gasteiger partial charge in [0.05, 0.1) is 6.54 Å². The number of hydrogen-bond donors (Lipinski definition) is 2. The van der Waals surface area contributed by atoms with Crippen LogP contribution in [0.3, 0.4) is 0 Å². The summed E-state index contributed by atoms with van der Waals surface area (Å²) in [5, 5.41) is 3.08. The predicted octanol–water partition coefficient (Wildman–Crippen LogP) is -0.454. The second kappa shape index (κ2) is 5.19. The Labute approximate surface area is 79.5 Å². The van der Waals surface area contributed by atoms with E-state index in [9.17, 15) is 4.79 Å². The summed E-state index contributed by atoms with van der Waals surface area (Å²) >= 11 is 0. The standard InChI is InChI=1S/C9H19N3O/c1-12(8-3-4-8)9(13)7-11-6-2-5-10/h8,11H,2-7,10H2,1H3. The molecule has 0 saturated heterocycles. The molecule has 3 N–H and O–H groups in total. The Bertz CT molecular complexity index is 168. The van der Waals surface area contributed by atoms with Gasteiger partial charge in [-0.05, 0) is 32.4 Å². The van der Waals surface area contributed by atoms with Crippen molar-refractivity contribution in [3.05, 3.63) is 0 Å². The van der Waals surface area contributed by atoms with E-state index in [1.165, 1.54) is 12.8 Å². The molecule has 0 bridgehead atoms. The van der Waals surface area contributed by atoms with Crippen LogP contribution in [0.4, 0.5) is 0 Å². The summed E-state index contributed by atoms with van der Waals surface area (Å²) in [6, 6.07) is 0.517. The molecule has 1 aliphatic carbocycles. The van der Waals surface area contributed by atoms with Gasteiger partial charge in [0.1, 0.15) is 0 Å². The fraction of sp³-hybridized carbons (Fsp3) is 0.889. The molecule has 1 fully saturated rings. The van der Waals surface area contributed by atoms with Gasteiger partial charge in [-0.25, -0.2) is 0 Å². The van der Waals surface area contributed by atoms with Crippen molar-refractivity contribution in [3.8, 4) is 0 Å². The zero-order valence-electron chi connectivity index (χ0n) is 8.25. The number of nitrogens with two attached hydrogens (primary N) is 1. The molecule has 0 aliphatic heterocycles. The third-order valence-corrected chi connectivity index (χ3v) is 2.32. The van der Waals surface area contributed by atoms with Crippen LogP contribution in [0, 0.1) is 0 Å². The van der Waals surface area contributed by atoms with Crippen molar-refractivity contribution in [3.63, 3.8) is 0 Å². The molecule has 1 aliphatic rings. The molecule has 0 atom stereocenters. The Morgan fingerprint density at radius 3 is 2.85 bits per heavy atom. The maximum Gasteiger partial charge on any atom is 0.236 e. The Balaban J connectivity index is 2.02. The Morgan fingerprint density at radius 2 is 2.31 bits per heavy atom. The molecule has 13 heavy (non-hydrogen) atoms. The van der Waals surface area contributed by atoms with Gasteiger partial charge in [-0.1, -0.05) is 0 Å². The van der Waals surface area contributed by atoms with Crippen LogP contribution in [-0.2, 0) is 4.79 Å². The lowest BCUT2D eigenvalue weighted by atomic mass is 10.4. The number of nitrogens with zero attached hydrogens (tertiary/aromatic N) is 1. The minimum absolute atomic E-state index is 0.194. The zero-order chi connectivity index (χ0) is 9.68. The maximum atomic E-state index is 11.4. The number of hydrogen-bond acceptors (Lipinski definition) is 3. The first-order valence-corrected chi connectivity index (χ1v) is 4.92. The van der Waals surface area contributed by atoms with E-state index in [0.717, 1.165) is 13.0 Å². The summed E-state index contributed by atoms with van der Waals surface area (Å²) in [7, 11) is 1.88. The molecule has 76 valence electrons. The van der Waals surface area contributed by atoms with Crippen LogP contribution in [0.25, 0.3) is 0 Å². The fourth-order valence-corrected chi connectivity index (χ4v) is 1.21. The van der Waals surface area contributed by atoms with Crippen LogP contribution >= 0.6 is 0 Å². The average molecular weight is 185 g/mol. The van der Waals surface area contributed by atoms with Gasteiger partial charge in [-0.3, -0.25) is 4.79 Å². The number of nitrogens with one attached hydrogen (secondary N) is 1. The summed E-state index contributed by atoms with van der Waals surface area (Å²) in [4.78, 5) is 13.3. The topological polar surface area (TPSA) is 58.4 Å². The average Bonchev–Trinajstić information content (AvgIpc) is 2.94. The number of carbonyl (C=O) groups excluding carboxylic acids is 1. The zero-order valence-corrected chi connectivity index (χ0v) is 8.25. The largest absolute Gasteiger partial charge is 0.342 e. The lowest BCUT2D eigenvalue weighted by molar-refractivity contribution is -0.129. The molecule has 0 unspecified atom stereocenters. The van der Waals surface area contributed by atoms with Crippen LogP contribution < -0.4 is 11.1 Å². The first-order valence-electron chi connectivity index (χ1n) is 4.92. The molecule has 1 rings (SSSR count). The van der Waals surface area contributed by atoms with Crippen LogP contribution in [0.5, 0.6) is 0 Å². The van der Waals surface area contributed by atoms with Gasteiger partial charge in [-0.2, -0.15) is 0 Å². The van der Waals surface area contributed by atoms with Crippen LogP contribution in [0.15, 0.2) is 0 Å². The lowest BCUT2D eigenvalue weighted by Crippen LogP contribution is -2.37. The molecule has 1 saturated carbocycles. The van der Waals surface area contributed by atoms with Gasteiger partial charge in [-0.15, -0.1) is 0 Å². The van der Waals surface area contributed by atoms with Crippen LogP contribution in [0.1, 0.15) is 19.3 Å². The molecule has 0 aromatic rings. The highest BCUT2D eigenvalue weighted by atomic mass is 16.2. The molecule has 4 nitrogen and oxygen atoms in total. The minimum Gasteiger partial charge on any atom is -0.342 e. The summed E-state index contributed by atoms with van der Waals surface area (Å²) in [6.07, 6.45) is 3.27. The number of rotatable bonds is 6. The van der Waals surface area contributed by atoms with Crippen molar-refractivity contribution in [2.45, 2.75) is 25.3 Å². The number of amides is 1. The van der Waals surface area contributed by atoms with E-state index < -0.39 is 0 Å². The van der Waals surface area contributed by atoms with Crippen molar-refractivity contribution in [1.82, 2.24) is 10.2 Å². The Morgan fingerprint density at radius 1 is 1.62 bits per heavy atom. The van der Waals surface area contributed by atoms with Crippen molar-refractivity contribution in [1.29, 1.82) is 0 Å². The van der Waals surface area contributed by atoms with Crippen molar-refractivity contribution < 1.29 is 4.79 Å². The van der Waals surface area contributed by atoms with E-state index in [0.29, 0.717) is 19.1 Å². The molecule has 0 spiro atoms. The van der Waals surface area contributed by atoms with E-state index in [1.807, 2.05) is 11.9 Å². The highest BCUT2D eigenvalue weighted by molar-refractivity contribution is 5.78. The second-order valence-electron chi connectivity index (χ2n) is 3.55. The molecule has 0 aromatic carbocycles. The van der Waals surface area contributed by atoms with Gasteiger partial charge < -0.3 is 16.0 Å². The van der Waals surface area contributed by atoms with Crippen molar-refractivity contribution in [2.24, 2.45) is 5.73 Å². The van der Waals surface area contributed by atoms with Gasteiger partial charge >= 0.3 is 0 Å². The molecule has 0 radical (unpaired) electrons. The van der Waals surface area contributed by atoms with E-state index in [-0.39, 0.29) is 5.91 Å². The SMILES string of the molecule is CN(C(=O)CNCCCN)C1CC1. The first kappa shape index (κ1) is 10.5. The summed E-state index contributed by atoms with van der Waals surface area (Å²) in [5.41, 5.74) is 5.33. The van der Waals surface area contributed by atoms with Gasteiger partial charge in [0.15, 0.2) is 0 Å². The van der Waals surface area contributed by atoms with Crippen molar-refractivity contribution >= 4 is 5.91 Å². The van der Waals surface area contributed by atoms with Gasteiger partial charge in [0.2, 0.25) is 5.91 Å². The smallest absolute Gasteiger partial charge is 0.236 e. The summed E-state index contributed by atoms with van der Waals surface area (Å²) in [5.74, 6) is 0.194. The first-order chi connectivity index (χ1) is 6.25. The van der Waals surface area contributed by atoms with Crippen molar-refractivity contribution in [2.75, 3.05) is 26.7 Å². The maximum absolute atomic E-state index is 11.4. The Hall–Kier alpha value is -0.610. The molecular formula is C9H19N3O. The van der Waals surface area contributed by atoms with Gasteiger partial charge in [0, 0.05) is 13.1 Å². The molecular weight excluding hydrogens is 166 g/mol. The monoisotopic (exact) mass is 185 g/mol. The van der Waals surface area contributed by atoms with E-state index in [4.69, 9.17) is 5.73 Å². The highest BCUT2D eigenvalue weighted by Crippen LogP contribution is 2.24. The third kappa shape index (κ3) is 3.74. The van der Waals surface area contributed by atoms with E-state index in [1.54, 1.807) is 0 Å². The van der Waals surface area contributed by atoms with E-state index >= 15 is 0 Å². The predicted molar refractivity (Wildman–Crippen MR) is 52.3 cm³/mol. The normalized spacial score (nSPS) is 15.8. The van der Waals surface area contributed by atoms with Gasteiger partial charge in [0.25, 0.3) is 0 Å². The third-order valence-electron chi connectivity index (χ3n) is 2.32. The second-order valence-corrected chi connectivity index (χ2v) is 3.55.